The second-order valence-electron chi connectivity index (χ2n) is 7.16. The lowest BCUT2D eigenvalue weighted by Crippen LogP contribution is -2.40. The number of benzene rings is 1. The number of hydrogen-bond acceptors (Lipinski definition) is 5. The number of nitrogens with zero attached hydrogens (tertiary/aromatic N) is 2. The van der Waals surface area contributed by atoms with Crippen LogP contribution in [0.3, 0.4) is 0 Å². The van der Waals surface area contributed by atoms with Gasteiger partial charge in [-0.2, -0.15) is 0 Å². The SMILES string of the molecule is COCCCN(C)CCN=C(NCCc1ccc(OC)cc1)NCCc1ccco1.I. The third-order valence-electron chi connectivity index (χ3n) is 4.75. The molecule has 0 unspecified atom stereocenters. The molecule has 0 aliphatic rings. The zero-order valence-electron chi connectivity index (χ0n) is 18.9. The highest BCUT2D eigenvalue weighted by Crippen LogP contribution is 2.11. The third-order valence-corrected chi connectivity index (χ3v) is 4.75. The van der Waals surface area contributed by atoms with Crippen LogP contribution in [0.15, 0.2) is 52.1 Å². The maximum atomic E-state index is 5.41. The van der Waals surface area contributed by atoms with Gasteiger partial charge in [0.15, 0.2) is 5.96 Å². The zero-order chi connectivity index (χ0) is 21.4. The van der Waals surface area contributed by atoms with Crippen molar-refractivity contribution < 1.29 is 13.9 Å². The lowest BCUT2D eigenvalue weighted by atomic mass is 10.1. The van der Waals surface area contributed by atoms with Crippen LogP contribution in [0.5, 0.6) is 5.75 Å². The summed E-state index contributed by atoms with van der Waals surface area (Å²) in [6, 6.07) is 12.1. The molecule has 0 radical (unpaired) electrons. The standard InChI is InChI=1S/C23H36N4O3.HI/c1-27(16-5-18-28-2)17-15-26-23(25-14-12-22-6-4-19-30-22)24-13-11-20-7-9-21(29-3)10-8-20;/h4,6-10,19H,5,11-18H2,1-3H3,(H2,24,25,26);1H. The molecule has 7 nitrogen and oxygen atoms in total. The molecule has 0 aliphatic carbocycles. The Balaban J connectivity index is 0.00000480. The summed E-state index contributed by atoms with van der Waals surface area (Å²) in [5.74, 6) is 2.68. The molecular formula is C23H37IN4O3. The second kappa shape index (κ2) is 16.9. The molecule has 2 N–H and O–H groups in total. The molecule has 31 heavy (non-hydrogen) atoms. The molecule has 1 heterocycles. The van der Waals surface area contributed by atoms with E-state index in [1.807, 2.05) is 24.3 Å². The largest absolute Gasteiger partial charge is 0.497 e. The molecule has 2 aromatic rings. The number of rotatable bonds is 14. The average molecular weight is 544 g/mol. The van der Waals surface area contributed by atoms with Crippen molar-refractivity contribution >= 4 is 29.9 Å². The van der Waals surface area contributed by atoms with Gasteiger partial charge in [-0.1, -0.05) is 12.1 Å². The number of ether oxygens (including phenoxy) is 2. The predicted octanol–water partition coefficient (Wildman–Crippen LogP) is 3.19. The van der Waals surface area contributed by atoms with E-state index in [0.717, 1.165) is 76.1 Å². The van der Waals surface area contributed by atoms with E-state index in [1.165, 1.54) is 5.56 Å². The van der Waals surface area contributed by atoms with E-state index in [2.05, 4.69) is 34.7 Å². The number of likely N-dealkylation sites (N-methyl/N-ethyl adjacent to an activating group) is 1. The summed E-state index contributed by atoms with van der Waals surface area (Å²) in [5, 5.41) is 6.85. The molecule has 0 saturated carbocycles. The summed E-state index contributed by atoms with van der Waals surface area (Å²) < 4.78 is 15.7. The molecular weight excluding hydrogens is 507 g/mol. The first-order chi connectivity index (χ1) is 14.7. The Morgan fingerprint density at radius 3 is 2.42 bits per heavy atom. The average Bonchev–Trinajstić information content (AvgIpc) is 3.27. The summed E-state index contributed by atoms with van der Waals surface area (Å²) in [7, 11) is 5.54. The molecule has 2 rings (SSSR count). The Labute approximate surface area is 203 Å². The van der Waals surface area contributed by atoms with Crippen LogP contribution >= 0.6 is 24.0 Å². The van der Waals surface area contributed by atoms with Gasteiger partial charge in [0.1, 0.15) is 11.5 Å². The Kier molecular flexibility index (Phi) is 14.8. The number of methoxy groups -OCH3 is 2. The number of halogens is 1. The zero-order valence-corrected chi connectivity index (χ0v) is 21.3. The Hall–Kier alpha value is -1.78. The molecule has 0 aliphatic heterocycles. The topological polar surface area (TPSA) is 71.3 Å². The van der Waals surface area contributed by atoms with Crippen LogP contribution in [0, 0.1) is 0 Å². The van der Waals surface area contributed by atoms with Crippen LogP contribution < -0.4 is 15.4 Å². The van der Waals surface area contributed by atoms with E-state index >= 15 is 0 Å². The Morgan fingerprint density at radius 2 is 1.77 bits per heavy atom. The summed E-state index contributed by atoms with van der Waals surface area (Å²) in [6.45, 7) is 5.03. The lowest BCUT2D eigenvalue weighted by Gasteiger charge is -2.16. The van der Waals surface area contributed by atoms with E-state index in [4.69, 9.17) is 18.9 Å². The van der Waals surface area contributed by atoms with Gasteiger partial charge in [-0.25, -0.2) is 0 Å². The van der Waals surface area contributed by atoms with Gasteiger partial charge in [-0.15, -0.1) is 24.0 Å². The first kappa shape index (κ1) is 27.3. The molecule has 0 spiro atoms. The lowest BCUT2D eigenvalue weighted by molar-refractivity contribution is 0.180. The molecule has 174 valence electrons. The van der Waals surface area contributed by atoms with Gasteiger partial charge in [-0.05, 0) is 49.7 Å². The smallest absolute Gasteiger partial charge is 0.191 e. The van der Waals surface area contributed by atoms with Crippen LogP contribution in [0.25, 0.3) is 0 Å². The van der Waals surface area contributed by atoms with Crippen molar-refractivity contribution in [1.82, 2.24) is 15.5 Å². The minimum absolute atomic E-state index is 0. The Bertz CT molecular complexity index is 708. The Morgan fingerprint density at radius 1 is 1.03 bits per heavy atom. The fourth-order valence-electron chi connectivity index (χ4n) is 2.97. The first-order valence-electron chi connectivity index (χ1n) is 10.6. The van der Waals surface area contributed by atoms with E-state index in [-0.39, 0.29) is 24.0 Å². The van der Waals surface area contributed by atoms with Crippen molar-refractivity contribution in [3.63, 3.8) is 0 Å². The second-order valence-corrected chi connectivity index (χ2v) is 7.16. The molecule has 0 bridgehead atoms. The minimum atomic E-state index is 0. The van der Waals surface area contributed by atoms with Crippen molar-refractivity contribution in [1.29, 1.82) is 0 Å². The minimum Gasteiger partial charge on any atom is -0.497 e. The normalized spacial score (nSPS) is 11.3. The number of aliphatic imine (C=N–C) groups is 1. The van der Waals surface area contributed by atoms with E-state index in [1.54, 1.807) is 20.5 Å². The molecule has 1 aromatic carbocycles. The quantitative estimate of drug-likeness (QED) is 0.165. The van der Waals surface area contributed by atoms with Gasteiger partial charge in [0, 0.05) is 46.3 Å². The summed E-state index contributed by atoms with van der Waals surface area (Å²) in [4.78, 5) is 7.02. The number of hydrogen-bond donors (Lipinski definition) is 2. The van der Waals surface area contributed by atoms with E-state index < -0.39 is 0 Å². The van der Waals surface area contributed by atoms with Gasteiger partial charge in [0.05, 0.1) is 19.9 Å². The number of nitrogens with one attached hydrogen (secondary N) is 2. The van der Waals surface area contributed by atoms with Crippen molar-refractivity contribution in [2.45, 2.75) is 19.3 Å². The molecule has 8 heteroatoms. The van der Waals surface area contributed by atoms with E-state index in [0.29, 0.717) is 0 Å². The molecule has 0 fully saturated rings. The van der Waals surface area contributed by atoms with E-state index in [9.17, 15) is 0 Å². The van der Waals surface area contributed by atoms with Crippen molar-refractivity contribution in [2.75, 3.05) is 60.6 Å². The predicted molar refractivity (Wildman–Crippen MR) is 137 cm³/mol. The van der Waals surface area contributed by atoms with Gasteiger partial charge in [0.25, 0.3) is 0 Å². The maximum Gasteiger partial charge on any atom is 0.191 e. The highest BCUT2D eigenvalue weighted by molar-refractivity contribution is 14.0. The highest BCUT2D eigenvalue weighted by Gasteiger charge is 2.03. The highest BCUT2D eigenvalue weighted by atomic mass is 127. The van der Waals surface area contributed by atoms with Crippen molar-refractivity contribution in [3.8, 4) is 5.75 Å². The maximum absolute atomic E-state index is 5.41. The monoisotopic (exact) mass is 544 g/mol. The fraction of sp³-hybridized carbons (Fsp3) is 0.522. The van der Waals surface area contributed by atoms with Gasteiger partial charge >= 0.3 is 0 Å². The summed E-state index contributed by atoms with van der Waals surface area (Å²) >= 11 is 0. The van der Waals surface area contributed by atoms with Crippen LogP contribution in [-0.4, -0.2) is 71.5 Å². The molecule has 0 atom stereocenters. The molecule has 1 aromatic heterocycles. The third kappa shape index (κ3) is 12.0. The van der Waals surface area contributed by atoms with Crippen molar-refractivity contribution in [3.05, 3.63) is 54.0 Å². The van der Waals surface area contributed by atoms with Crippen LogP contribution in [0.1, 0.15) is 17.7 Å². The molecule has 0 amide bonds. The van der Waals surface area contributed by atoms with Crippen LogP contribution in [0.2, 0.25) is 0 Å². The van der Waals surface area contributed by atoms with Crippen LogP contribution in [-0.2, 0) is 17.6 Å². The summed E-state index contributed by atoms with van der Waals surface area (Å²) in [6.07, 6.45) is 4.48. The van der Waals surface area contributed by atoms with Gasteiger partial charge in [0.2, 0.25) is 0 Å². The number of furan rings is 1. The summed E-state index contributed by atoms with van der Waals surface area (Å²) in [5.41, 5.74) is 1.26. The molecule has 0 saturated heterocycles. The van der Waals surface area contributed by atoms with Gasteiger partial charge < -0.3 is 29.4 Å². The van der Waals surface area contributed by atoms with Crippen molar-refractivity contribution in [2.24, 2.45) is 4.99 Å². The first-order valence-corrected chi connectivity index (χ1v) is 10.6. The number of guanidine groups is 1. The van der Waals surface area contributed by atoms with Gasteiger partial charge in [-0.3, -0.25) is 4.99 Å². The fourth-order valence-corrected chi connectivity index (χ4v) is 2.97. The van der Waals surface area contributed by atoms with Crippen LogP contribution in [0.4, 0.5) is 0 Å².